The first-order chi connectivity index (χ1) is 15.9. The Kier molecular flexibility index (Phi) is 6.02. The molecule has 5 rings (SSSR count). The molecule has 0 bridgehead atoms. The lowest BCUT2D eigenvalue weighted by Gasteiger charge is -2.38. The predicted octanol–water partition coefficient (Wildman–Crippen LogP) is 7.32. The second-order valence-electron chi connectivity index (χ2n) is 8.11. The average Bonchev–Trinajstić information content (AvgIpc) is 2.86. The summed E-state index contributed by atoms with van der Waals surface area (Å²) in [6.07, 6.45) is 2.27. The van der Waals surface area contributed by atoms with Crippen LogP contribution in [-0.4, -0.2) is 13.1 Å². The van der Waals surface area contributed by atoms with E-state index in [0.29, 0.717) is 0 Å². The van der Waals surface area contributed by atoms with Crippen LogP contribution in [0, 0.1) is 0 Å². The normalized spacial score (nSPS) is 17.0. The number of rotatable bonds is 4. The van der Waals surface area contributed by atoms with Crippen molar-refractivity contribution < 1.29 is 0 Å². The van der Waals surface area contributed by atoms with Gasteiger partial charge in [-0.2, -0.15) is 0 Å². The lowest BCUT2D eigenvalue weighted by Crippen LogP contribution is -2.33. The molecular formula is C30H28N2. The lowest BCUT2D eigenvalue weighted by molar-refractivity contribution is 0.722. The monoisotopic (exact) mass is 416 g/mol. The van der Waals surface area contributed by atoms with Gasteiger partial charge in [0.25, 0.3) is 0 Å². The minimum Gasteiger partial charge on any atom is -0.339 e. The summed E-state index contributed by atoms with van der Waals surface area (Å²) < 4.78 is 0. The molecule has 1 aliphatic heterocycles. The van der Waals surface area contributed by atoms with E-state index in [9.17, 15) is 0 Å². The molecule has 0 N–H and O–H groups in total. The van der Waals surface area contributed by atoms with Crippen molar-refractivity contribution in [2.75, 3.05) is 22.9 Å². The summed E-state index contributed by atoms with van der Waals surface area (Å²) >= 11 is 0. The molecular weight excluding hydrogens is 388 g/mol. The Hall–Kier alpha value is -3.78. The second kappa shape index (κ2) is 9.57. The zero-order valence-electron chi connectivity index (χ0n) is 18.3. The van der Waals surface area contributed by atoms with Crippen LogP contribution in [0.15, 0.2) is 121 Å². The highest BCUT2D eigenvalue weighted by molar-refractivity contribution is 6.02. The van der Waals surface area contributed by atoms with Gasteiger partial charge in [-0.1, -0.05) is 97.1 Å². The molecule has 1 aliphatic rings. The quantitative estimate of drug-likeness (QED) is 0.344. The van der Waals surface area contributed by atoms with Crippen LogP contribution in [0.5, 0.6) is 0 Å². The molecule has 2 heteroatoms. The molecule has 32 heavy (non-hydrogen) atoms. The van der Waals surface area contributed by atoms with Gasteiger partial charge in [0.1, 0.15) is 0 Å². The van der Waals surface area contributed by atoms with Crippen LogP contribution in [0.4, 0.5) is 11.4 Å². The fourth-order valence-electron chi connectivity index (χ4n) is 4.53. The van der Waals surface area contributed by atoms with Crippen molar-refractivity contribution in [1.29, 1.82) is 0 Å². The van der Waals surface area contributed by atoms with Crippen LogP contribution in [0.1, 0.15) is 24.0 Å². The molecule has 0 atom stereocenters. The molecule has 2 nitrogen and oxygen atoms in total. The van der Waals surface area contributed by atoms with E-state index in [1.54, 1.807) is 0 Å². The zero-order valence-corrected chi connectivity index (χ0v) is 18.3. The third kappa shape index (κ3) is 4.17. The molecule has 0 amide bonds. The molecule has 0 fully saturated rings. The summed E-state index contributed by atoms with van der Waals surface area (Å²) in [5.41, 5.74) is 7.44. The van der Waals surface area contributed by atoms with Crippen molar-refractivity contribution >= 4 is 22.8 Å². The van der Waals surface area contributed by atoms with Crippen LogP contribution in [-0.2, 0) is 0 Å². The van der Waals surface area contributed by atoms with E-state index in [0.717, 1.165) is 25.9 Å². The Morgan fingerprint density at radius 1 is 0.375 bits per heavy atom. The standard InChI is InChI=1S/C30H28N2/c1-5-15-25(16-6-1)29-30(26-17-7-2-8-18-26)32(28-21-11-4-12-22-28)24-14-13-23-31(29)27-19-9-3-10-20-27/h1-12,15-22H,13-14,23-24H2/b30-29-. The van der Waals surface area contributed by atoms with Gasteiger partial charge in [0.15, 0.2) is 0 Å². The van der Waals surface area contributed by atoms with Crippen molar-refractivity contribution in [2.45, 2.75) is 12.8 Å². The van der Waals surface area contributed by atoms with E-state index >= 15 is 0 Å². The highest BCUT2D eigenvalue weighted by atomic mass is 15.2. The van der Waals surface area contributed by atoms with Crippen molar-refractivity contribution in [1.82, 2.24) is 0 Å². The van der Waals surface area contributed by atoms with Gasteiger partial charge >= 0.3 is 0 Å². The summed E-state index contributed by atoms with van der Waals surface area (Å²) in [5, 5.41) is 0. The maximum atomic E-state index is 2.51. The third-order valence-corrected chi connectivity index (χ3v) is 6.01. The topological polar surface area (TPSA) is 6.48 Å². The summed E-state index contributed by atoms with van der Waals surface area (Å²) in [5.74, 6) is 0. The van der Waals surface area contributed by atoms with Gasteiger partial charge < -0.3 is 9.80 Å². The summed E-state index contributed by atoms with van der Waals surface area (Å²) in [6, 6.07) is 43.3. The molecule has 0 unspecified atom stereocenters. The van der Waals surface area contributed by atoms with Gasteiger partial charge in [-0.05, 0) is 37.1 Å². The van der Waals surface area contributed by atoms with E-state index in [1.807, 2.05) is 0 Å². The fourth-order valence-corrected chi connectivity index (χ4v) is 4.53. The first-order valence-corrected chi connectivity index (χ1v) is 11.4. The van der Waals surface area contributed by atoms with Crippen LogP contribution in [0.3, 0.4) is 0 Å². The number of hydrogen-bond acceptors (Lipinski definition) is 2. The third-order valence-electron chi connectivity index (χ3n) is 6.01. The van der Waals surface area contributed by atoms with Gasteiger partial charge in [-0.3, -0.25) is 0 Å². The minimum atomic E-state index is 0.993. The van der Waals surface area contributed by atoms with Gasteiger partial charge in [-0.15, -0.1) is 0 Å². The van der Waals surface area contributed by atoms with Crippen LogP contribution in [0.2, 0.25) is 0 Å². The summed E-state index contributed by atoms with van der Waals surface area (Å²) in [6.45, 7) is 1.99. The number of hydrogen-bond donors (Lipinski definition) is 0. The van der Waals surface area contributed by atoms with Crippen molar-refractivity contribution in [3.8, 4) is 0 Å². The van der Waals surface area contributed by atoms with Crippen LogP contribution >= 0.6 is 0 Å². The smallest absolute Gasteiger partial charge is 0.0731 e. The van der Waals surface area contributed by atoms with E-state index in [2.05, 4.69) is 131 Å². The highest BCUT2D eigenvalue weighted by Crippen LogP contribution is 2.39. The summed E-state index contributed by atoms with van der Waals surface area (Å²) in [7, 11) is 0. The average molecular weight is 417 g/mol. The molecule has 0 aromatic heterocycles. The van der Waals surface area contributed by atoms with Crippen LogP contribution in [0.25, 0.3) is 11.4 Å². The maximum Gasteiger partial charge on any atom is 0.0731 e. The molecule has 1 heterocycles. The van der Waals surface area contributed by atoms with Gasteiger partial charge in [0, 0.05) is 35.6 Å². The molecule has 0 radical (unpaired) electrons. The molecule has 0 saturated heterocycles. The Morgan fingerprint density at radius 3 is 1.03 bits per heavy atom. The summed E-state index contributed by atoms with van der Waals surface area (Å²) in [4.78, 5) is 5.01. The SMILES string of the molecule is c1ccc(/C2=C(\c3ccccc3)N(c3ccccc3)CCCCN2c2ccccc2)cc1. The van der Waals surface area contributed by atoms with E-state index < -0.39 is 0 Å². The van der Waals surface area contributed by atoms with Gasteiger partial charge in [-0.25, -0.2) is 0 Å². The highest BCUT2D eigenvalue weighted by Gasteiger charge is 2.26. The Morgan fingerprint density at radius 2 is 0.688 bits per heavy atom. The largest absolute Gasteiger partial charge is 0.339 e. The zero-order chi connectivity index (χ0) is 21.6. The van der Waals surface area contributed by atoms with Crippen molar-refractivity contribution in [2.24, 2.45) is 0 Å². The Labute approximate surface area is 191 Å². The number of para-hydroxylation sites is 2. The number of nitrogens with zero attached hydrogens (tertiary/aromatic N) is 2. The first kappa shape index (κ1) is 20.1. The molecule has 0 spiro atoms. The van der Waals surface area contributed by atoms with Crippen molar-refractivity contribution in [3.63, 3.8) is 0 Å². The molecule has 0 saturated carbocycles. The van der Waals surface area contributed by atoms with E-state index in [1.165, 1.54) is 33.9 Å². The van der Waals surface area contributed by atoms with Gasteiger partial charge in [0.2, 0.25) is 0 Å². The van der Waals surface area contributed by atoms with E-state index in [4.69, 9.17) is 0 Å². The number of anilines is 2. The lowest BCUT2D eigenvalue weighted by atomic mass is 9.99. The second-order valence-corrected chi connectivity index (χ2v) is 8.11. The Balaban J connectivity index is 1.83. The first-order valence-electron chi connectivity index (χ1n) is 11.4. The molecule has 158 valence electrons. The van der Waals surface area contributed by atoms with Gasteiger partial charge in [0.05, 0.1) is 11.4 Å². The molecule has 4 aromatic carbocycles. The fraction of sp³-hybridized carbons (Fsp3) is 0.133. The molecule has 4 aromatic rings. The van der Waals surface area contributed by atoms with Crippen LogP contribution < -0.4 is 9.80 Å². The minimum absolute atomic E-state index is 0.993. The molecule has 0 aliphatic carbocycles. The van der Waals surface area contributed by atoms with Crippen molar-refractivity contribution in [3.05, 3.63) is 132 Å². The van der Waals surface area contributed by atoms with E-state index in [-0.39, 0.29) is 0 Å². The number of benzene rings is 4. The Bertz CT molecular complexity index is 1060. The maximum absolute atomic E-state index is 2.51. The predicted molar refractivity (Wildman–Crippen MR) is 137 cm³/mol.